The molecule has 0 spiro atoms. The number of methoxy groups -OCH3 is 1. The highest BCUT2D eigenvalue weighted by Gasteiger charge is 2.31. The Morgan fingerprint density at radius 2 is 1.58 bits per heavy atom. The highest BCUT2D eigenvalue weighted by molar-refractivity contribution is 7.92. The lowest BCUT2D eigenvalue weighted by Crippen LogP contribution is -2.51. The molecule has 3 rings (SSSR count). The van der Waals surface area contributed by atoms with E-state index in [-0.39, 0.29) is 43.8 Å². The van der Waals surface area contributed by atoms with Crippen molar-refractivity contribution in [1.29, 1.82) is 0 Å². The molecule has 10 heteroatoms. The first-order valence-corrected chi connectivity index (χ1v) is 16.3. The number of nitrogens with one attached hydrogen (secondary N) is 1. The topological polar surface area (TPSA) is 105 Å². The Bertz CT molecular complexity index is 1430. The van der Waals surface area contributed by atoms with E-state index in [0.29, 0.717) is 30.2 Å². The summed E-state index contributed by atoms with van der Waals surface area (Å²) in [6.07, 6.45) is 1.79. The summed E-state index contributed by atoms with van der Waals surface area (Å²) in [4.78, 5) is 29.1. The van der Waals surface area contributed by atoms with Crippen LogP contribution in [0.4, 0.5) is 5.69 Å². The Balaban J connectivity index is 1.88. The summed E-state index contributed by atoms with van der Waals surface area (Å²) in [6.45, 7) is 6.44. The summed E-state index contributed by atoms with van der Waals surface area (Å²) in [5.41, 5.74) is 2.23. The predicted molar refractivity (Wildman–Crippen MR) is 170 cm³/mol. The number of hydrogen-bond acceptors (Lipinski definition) is 6. The molecule has 0 saturated heterocycles. The van der Waals surface area contributed by atoms with E-state index in [1.807, 2.05) is 75.4 Å². The van der Waals surface area contributed by atoms with Crippen LogP contribution in [0.2, 0.25) is 0 Å². The monoisotopic (exact) mass is 609 g/mol. The van der Waals surface area contributed by atoms with E-state index in [1.54, 1.807) is 36.3 Å². The first kappa shape index (κ1) is 33.5. The molecule has 3 aromatic carbocycles. The van der Waals surface area contributed by atoms with Crippen molar-refractivity contribution in [2.45, 2.75) is 58.7 Å². The zero-order chi connectivity index (χ0) is 31.4. The smallest absolute Gasteiger partial charge is 0.243 e. The molecule has 9 nitrogen and oxygen atoms in total. The van der Waals surface area contributed by atoms with Gasteiger partial charge >= 0.3 is 0 Å². The number of benzene rings is 3. The van der Waals surface area contributed by atoms with E-state index in [1.165, 1.54) is 4.31 Å². The van der Waals surface area contributed by atoms with Gasteiger partial charge < -0.3 is 19.7 Å². The summed E-state index contributed by atoms with van der Waals surface area (Å²) >= 11 is 0. The van der Waals surface area contributed by atoms with Gasteiger partial charge in [-0.1, -0.05) is 42.5 Å². The quantitative estimate of drug-likeness (QED) is 0.250. The Labute approximate surface area is 255 Å². The highest BCUT2D eigenvalue weighted by atomic mass is 32.2. The van der Waals surface area contributed by atoms with E-state index in [4.69, 9.17) is 9.47 Å². The maximum atomic E-state index is 13.9. The fraction of sp³-hybridized carbons (Fsp3) is 0.394. The van der Waals surface area contributed by atoms with Crippen molar-refractivity contribution in [2.24, 2.45) is 0 Å². The molecule has 0 bridgehead atoms. The zero-order valence-electron chi connectivity index (χ0n) is 25.7. The van der Waals surface area contributed by atoms with E-state index < -0.39 is 16.1 Å². The molecule has 2 amide bonds. The van der Waals surface area contributed by atoms with Gasteiger partial charge in [-0.3, -0.25) is 13.9 Å². The number of ether oxygens (including phenoxy) is 2. The van der Waals surface area contributed by atoms with Crippen LogP contribution < -0.4 is 19.1 Å². The van der Waals surface area contributed by atoms with Crippen LogP contribution in [0.5, 0.6) is 11.5 Å². The van der Waals surface area contributed by atoms with Crippen LogP contribution >= 0.6 is 0 Å². The zero-order valence-corrected chi connectivity index (χ0v) is 26.5. The number of rotatable bonds is 16. The summed E-state index contributed by atoms with van der Waals surface area (Å²) in [6, 6.07) is 22.9. The first-order valence-electron chi connectivity index (χ1n) is 14.5. The number of sulfonamides is 1. The normalized spacial score (nSPS) is 12.0. The van der Waals surface area contributed by atoms with Crippen LogP contribution in [0.15, 0.2) is 78.9 Å². The average Bonchev–Trinajstić information content (AvgIpc) is 2.97. The minimum Gasteiger partial charge on any atom is -0.497 e. The minimum absolute atomic E-state index is 0.0489. The fourth-order valence-electron chi connectivity index (χ4n) is 4.78. The lowest BCUT2D eigenvalue weighted by molar-refractivity contribution is -0.141. The molecular formula is C33H43N3O6S. The van der Waals surface area contributed by atoms with Gasteiger partial charge in [0.05, 0.1) is 25.7 Å². The molecule has 0 saturated carbocycles. The third-order valence-corrected chi connectivity index (χ3v) is 7.97. The number of hydrogen-bond donors (Lipinski definition) is 1. The molecule has 0 radical (unpaired) electrons. The second-order valence-corrected chi connectivity index (χ2v) is 12.5. The number of amides is 2. The van der Waals surface area contributed by atoms with E-state index in [2.05, 4.69) is 5.32 Å². The van der Waals surface area contributed by atoms with Gasteiger partial charge in [-0.15, -0.1) is 0 Å². The molecule has 0 heterocycles. The van der Waals surface area contributed by atoms with Crippen molar-refractivity contribution >= 4 is 27.5 Å². The van der Waals surface area contributed by atoms with Crippen molar-refractivity contribution in [3.63, 3.8) is 0 Å². The molecule has 0 aliphatic heterocycles. The van der Waals surface area contributed by atoms with Crippen molar-refractivity contribution in [3.05, 3.63) is 90.0 Å². The SMILES string of the molecule is CCOc1ccc(N(CCCC(=O)N(Cc2cccc(OC)c2)C(Cc2ccccc2)C(=O)NC(C)C)S(C)(=O)=O)cc1. The van der Waals surface area contributed by atoms with Crippen molar-refractivity contribution in [1.82, 2.24) is 10.2 Å². The Kier molecular flexibility index (Phi) is 12.4. The molecule has 0 aromatic heterocycles. The molecule has 1 N–H and O–H groups in total. The molecule has 1 atom stereocenters. The van der Waals surface area contributed by atoms with Crippen LogP contribution in [-0.4, -0.2) is 63.7 Å². The second kappa shape index (κ2) is 16.0. The van der Waals surface area contributed by atoms with Crippen LogP contribution in [0.3, 0.4) is 0 Å². The van der Waals surface area contributed by atoms with Gasteiger partial charge in [0.25, 0.3) is 0 Å². The van der Waals surface area contributed by atoms with Crippen LogP contribution in [-0.2, 0) is 32.6 Å². The van der Waals surface area contributed by atoms with Gasteiger partial charge in [-0.25, -0.2) is 8.42 Å². The van der Waals surface area contributed by atoms with Crippen molar-refractivity contribution in [2.75, 3.05) is 30.8 Å². The lowest BCUT2D eigenvalue weighted by atomic mass is 10.0. The molecule has 1 unspecified atom stereocenters. The minimum atomic E-state index is -3.61. The fourth-order valence-corrected chi connectivity index (χ4v) is 5.75. The van der Waals surface area contributed by atoms with Gasteiger partial charge in [0.1, 0.15) is 17.5 Å². The van der Waals surface area contributed by atoms with Crippen LogP contribution in [0.1, 0.15) is 44.7 Å². The summed E-state index contributed by atoms with van der Waals surface area (Å²) in [5, 5.41) is 2.98. The van der Waals surface area contributed by atoms with Crippen LogP contribution in [0.25, 0.3) is 0 Å². The van der Waals surface area contributed by atoms with E-state index >= 15 is 0 Å². The molecular weight excluding hydrogens is 566 g/mol. The summed E-state index contributed by atoms with van der Waals surface area (Å²) in [7, 11) is -2.03. The van der Waals surface area contributed by atoms with Crippen molar-refractivity contribution in [3.8, 4) is 11.5 Å². The third kappa shape index (κ3) is 10.3. The molecule has 3 aromatic rings. The molecule has 0 fully saturated rings. The van der Waals surface area contributed by atoms with Gasteiger partial charge in [0.2, 0.25) is 21.8 Å². The van der Waals surface area contributed by atoms with Gasteiger partial charge in [0.15, 0.2) is 0 Å². The second-order valence-electron chi connectivity index (χ2n) is 10.6. The lowest BCUT2D eigenvalue weighted by Gasteiger charge is -2.32. The Morgan fingerprint density at radius 1 is 0.907 bits per heavy atom. The van der Waals surface area contributed by atoms with E-state index in [9.17, 15) is 18.0 Å². The molecule has 0 aliphatic carbocycles. The summed E-state index contributed by atoms with van der Waals surface area (Å²) in [5.74, 6) is 0.799. The standard InChI is InChI=1S/C33H43N3O6S/c1-6-42-29-19-17-28(18-20-29)36(43(5,39)40)21-11-16-32(37)35(24-27-14-10-15-30(22-27)41-4)31(33(38)34-25(2)3)23-26-12-8-7-9-13-26/h7-10,12-15,17-20,22,25,31H,6,11,16,21,23-24H2,1-5H3,(H,34,38). The molecule has 0 aliphatic rings. The van der Waals surface area contributed by atoms with Crippen molar-refractivity contribution < 1.29 is 27.5 Å². The number of carbonyl (C=O) groups excluding carboxylic acids is 2. The van der Waals surface area contributed by atoms with Gasteiger partial charge in [-0.05, 0) is 74.7 Å². The summed E-state index contributed by atoms with van der Waals surface area (Å²) < 4.78 is 37.5. The first-order chi connectivity index (χ1) is 20.5. The maximum absolute atomic E-state index is 13.9. The maximum Gasteiger partial charge on any atom is 0.243 e. The third-order valence-electron chi connectivity index (χ3n) is 6.78. The van der Waals surface area contributed by atoms with Gasteiger partial charge in [-0.2, -0.15) is 0 Å². The number of nitrogens with zero attached hydrogens (tertiary/aromatic N) is 2. The predicted octanol–water partition coefficient (Wildman–Crippen LogP) is 4.80. The number of anilines is 1. The molecule has 43 heavy (non-hydrogen) atoms. The molecule has 232 valence electrons. The average molecular weight is 610 g/mol. The largest absolute Gasteiger partial charge is 0.497 e. The number of carbonyl (C=O) groups is 2. The Morgan fingerprint density at radius 3 is 2.19 bits per heavy atom. The highest BCUT2D eigenvalue weighted by Crippen LogP contribution is 2.23. The van der Waals surface area contributed by atoms with Gasteiger partial charge in [0, 0.05) is 32.0 Å². The van der Waals surface area contributed by atoms with E-state index in [0.717, 1.165) is 17.4 Å². The Hall–Kier alpha value is -4.05. The van der Waals surface area contributed by atoms with Crippen LogP contribution in [0, 0.1) is 0 Å².